The van der Waals surface area contributed by atoms with Crippen LogP contribution in [0.15, 0.2) is 6.07 Å². The Hall–Kier alpha value is -0.520. The summed E-state index contributed by atoms with van der Waals surface area (Å²) >= 11 is 10.9. The minimum absolute atomic E-state index is 0.113. The third kappa shape index (κ3) is 3.22. The average Bonchev–Trinajstić information content (AvgIpc) is 2.13. The number of hydrogen-bond acceptors (Lipinski definition) is 2. The van der Waals surface area contributed by atoms with Crippen molar-refractivity contribution >= 4 is 23.2 Å². The van der Waals surface area contributed by atoms with Crippen LogP contribution in [0.25, 0.3) is 0 Å². The van der Waals surface area contributed by atoms with E-state index in [-0.39, 0.29) is 17.1 Å². The van der Waals surface area contributed by atoms with E-state index in [1.54, 1.807) is 0 Å². The smallest absolute Gasteiger partial charge is 0.253 e. The Morgan fingerprint density at radius 2 is 1.93 bits per heavy atom. The van der Waals surface area contributed by atoms with Gasteiger partial charge in [-0.3, -0.25) is 0 Å². The molecule has 0 spiro atoms. The van der Waals surface area contributed by atoms with E-state index in [2.05, 4.69) is 4.98 Å². The summed E-state index contributed by atoms with van der Waals surface area (Å²) in [6, 6.07) is -0.440. The molecular weight excluding hydrogens is 252 g/mol. The van der Waals surface area contributed by atoms with Gasteiger partial charge in [0.1, 0.15) is 5.15 Å². The lowest BCUT2D eigenvalue weighted by molar-refractivity contribution is 0.116. The van der Waals surface area contributed by atoms with Gasteiger partial charge in [0.15, 0.2) is 11.0 Å². The van der Waals surface area contributed by atoms with Gasteiger partial charge in [0.2, 0.25) is 0 Å². The van der Waals surface area contributed by atoms with Crippen LogP contribution in [0.1, 0.15) is 5.56 Å². The molecule has 0 saturated carbocycles. The van der Waals surface area contributed by atoms with Gasteiger partial charge in [-0.25, -0.2) is 18.2 Å². The predicted molar refractivity (Wildman–Crippen MR) is 51.9 cm³/mol. The van der Waals surface area contributed by atoms with Crippen molar-refractivity contribution in [2.45, 2.75) is 18.9 Å². The van der Waals surface area contributed by atoms with E-state index in [1.165, 1.54) is 0 Å². The van der Waals surface area contributed by atoms with Crippen molar-refractivity contribution in [1.82, 2.24) is 4.98 Å². The lowest BCUT2D eigenvalue weighted by atomic mass is 10.1. The molecule has 1 heterocycles. The summed E-state index contributed by atoms with van der Waals surface area (Å²) in [5.41, 5.74) is 5.23. The highest BCUT2D eigenvalue weighted by molar-refractivity contribution is 6.32. The Morgan fingerprint density at radius 3 is 2.47 bits per heavy atom. The Bertz CT molecular complexity index is 360. The SMILES string of the molecule is NC(Cc1cc(F)c(Cl)nc1Cl)C(F)F. The summed E-state index contributed by atoms with van der Waals surface area (Å²) in [4.78, 5) is 3.44. The molecule has 0 aliphatic carbocycles. The average molecular weight is 259 g/mol. The number of nitrogens with zero attached hydrogens (tertiary/aromatic N) is 1. The highest BCUT2D eigenvalue weighted by atomic mass is 35.5. The Morgan fingerprint density at radius 1 is 1.33 bits per heavy atom. The Kier molecular flexibility index (Phi) is 4.19. The number of pyridine rings is 1. The van der Waals surface area contributed by atoms with Gasteiger partial charge in [0.05, 0.1) is 6.04 Å². The summed E-state index contributed by atoms with van der Waals surface area (Å²) in [6.07, 6.45) is -2.95. The van der Waals surface area contributed by atoms with Crippen LogP contribution in [-0.2, 0) is 6.42 Å². The summed E-state index contributed by atoms with van der Waals surface area (Å²) in [7, 11) is 0. The van der Waals surface area contributed by atoms with Crippen molar-refractivity contribution in [3.63, 3.8) is 0 Å². The molecule has 2 N–H and O–H groups in total. The number of hydrogen-bond donors (Lipinski definition) is 1. The normalized spacial score (nSPS) is 13.3. The first-order chi connectivity index (χ1) is 6.91. The second-order valence-corrected chi connectivity index (χ2v) is 3.63. The van der Waals surface area contributed by atoms with Crippen LogP contribution >= 0.6 is 23.2 Å². The predicted octanol–water partition coefficient (Wildman–Crippen LogP) is 2.66. The Balaban J connectivity index is 2.91. The van der Waals surface area contributed by atoms with Crippen LogP contribution < -0.4 is 5.73 Å². The number of rotatable bonds is 3. The van der Waals surface area contributed by atoms with Crippen LogP contribution in [0.2, 0.25) is 10.3 Å². The van der Waals surface area contributed by atoms with Gasteiger partial charge >= 0.3 is 0 Å². The molecule has 0 saturated heterocycles. The van der Waals surface area contributed by atoms with Crippen molar-refractivity contribution in [3.8, 4) is 0 Å². The molecule has 1 unspecified atom stereocenters. The van der Waals surface area contributed by atoms with E-state index < -0.39 is 23.4 Å². The van der Waals surface area contributed by atoms with Crippen LogP contribution in [0.5, 0.6) is 0 Å². The van der Waals surface area contributed by atoms with Gasteiger partial charge in [0.25, 0.3) is 6.43 Å². The molecule has 0 amide bonds. The van der Waals surface area contributed by atoms with E-state index in [0.29, 0.717) is 0 Å². The third-order valence-corrected chi connectivity index (χ3v) is 2.33. The lowest BCUT2D eigenvalue weighted by Gasteiger charge is -2.11. The standard InChI is InChI=1S/C8H7Cl2F3N2/c9-6-3(2-5(14)8(12)13)1-4(11)7(10)15-6/h1,5,8H,2,14H2. The van der Waals surface area contributed by atoms with Crippen LogP contribution in [0, 0.1) is 5.82 Å². The van der Waals surface area contributed by atoms with E-state index in [4.69, 9.17) is 28.9 Å². The number of aromatic nitrogens is 1. The molecule has 0 fully saturated rings. The van der Waals surface area contributed by atoms with Crippen molar-refractivity contribution in [2.75, 3.05) is 0 Å². The molecule has 1 aromatic heterocycles. The number of nitrogens with two attached hydrogens (primary N) is 1. The van der Waals surface area contributed by atoms with Crippen molar-refractivity contribution in [1.29, 1.82) is 0 Å². The fourth-order valence-corrected chi connectivity index (χ4v) is 1.37. The summed E-state index contributed by atoms with van der Waals surface area (Å²) < 4.78 is 37.2. The van der Waals surface area contributed by atoms with Crippen LogP contribution in [-0.4, -0.2) is 17.5 Å². The van der Waals surface area contributed by atoms with Gasteiger partial charge in [0, 0.05) is 0 Å². The molecule has 2 nitrogen and oxygen atoms in total. The fourth-order valence-electron chi connectivity index (χ4n) is 0.970. The molecule has 84 valence electrons. The maximum absolute atomic E-state index is 12.9. The molecule has 1 atom stereocenters. The maximum Gasteiger partial charge on any atom is 0.253 e. The molecule has 1 aromatic rings. The van der Waals surface area contributed by atoms with Gasteiger partial charge < -0.3 is 5.73 Å². The van der Waals surface area contributed by atoms with Crippen LogP contribution in [0.4, 0.5) is 13.2 Å². The first-order valence-electron chi connectivity index (χ1n) is 3.96. The molecule has 0 radical (unpaired) electrons. The highest BCUT2D eigenvalue weighted by Crippen LogP contribution is 2.22. The van der Waals surface area contributed by atoms with Gasteiger partial charge in [-0.15, -0.1) is 0 Å². The first kappa shape index (κ1) is 12.5. The lowest BCUT2D eigenvalue weighted by Crippen LogP contribution is -2.31. The zero-order valence-electron chi connectivity index (χ0n) is 7.35. The molecule has 7 heteroatoms. The second-order valence-electron chi connectivity index (χ2n) is 2.91. The van der Waals surface area contributed by atoms with Gasteiger partial charge in [-0.2, -0.15) is 0 Å². The molecule has 0 bridgehead atoms. The largest absolute Gasteiger partial charge is 0.323 e. The minimum Gasteiger partial charge on any atom is -0.323 e. The molecule has 0 aromatic carbocycles. The van der Waals surface area contributed by atoms with Crippen molar-refractivity contribution in [2.24, 2.45) is 5.73 Å². The first-order valence-corrected chi connectivity index (χ1v) is 4.71. The highest BCUT2D eigenvalue weighted by Gasteiger charge is 2.18. The maximum atomic E-state index is 12.9. The molecule has 1 rings (SSSR count). The molecular formula is C8H7Cl2F3N2. The second kappa shape index (κ2) is 5.01. The van der Waals surface area contributed by atoms with Gasteiger partial charge in [-0.05, 0) is 18.1 Å². The quantitative estimate of drug-likeness (QED) is 0.847. The fraction of sp³-hybridized carbons (Fsp3) is 0.375. The Labute approximate surface area is 94.2 Å². The number of halogens is 5. The zero-order chi connectivity index (χ0) is 11.6. The van der Waals surface area contributed by atoms with E-state index >= 15 is 0 Å². The van der Waals surface area contributed by atoms with Crippen molar-refractivity contribution in [3.05, 3.63) is 27.8 Å². The molecule has 0 aliphatic heterocycles. The van der Waals surface area contributed by atoms with Crippen molar-refractivity contribution < 1.29 is 13.2 Å². The minimum atomic E-state index is -2.69. The number of alkyl halides is 2. The van der Waals surface area contributed by atoms with E-state index in [0.717, 1.165) is 6.07 Å². The summed E-state index contributed by atoms with van der Waals surface area (Å²) in [5, 5.41) is -0.508. The molecule has 15 heavy (non-hydrogen) atoms. The summed E-state index contributed by atoms with van der Waals surface area (Å²) in [5.74, 6) is -0.808. The third-order valence-electron chi connectivity index (χ3n) is 1.74. The van der Waals surface area contributed by atoms with E-state index in [9.17, 15) is 13.2 Å². The zero-order valence-corrected chi connectivity index (χ0v) is 8.87. The summed E-state index contributed by atoms with van der Waals surface area (Å²) in [6.45, 7) is 0. The molecule has 0 aliphatic rings. The monoisotopic (exact) mass is 258 g/mol. The topological polar surface area (TPSA) is 38.9 Å². The van der Waals surface area contributed by atoms with Crippen LogP contribution in [0.3, 0.4) is 0 Å². The van der Waals surface area contributed by atoms with Gasteiger partial charge in [-0.1, -0.05) is 23.2 Å². The van der Waals surface area contributed by atoms with E-state index in [1.807, 2.05) is 0 Å².